The normalized spacial score (nSPS) is 12.7. The number of rotatable bonds is 6. The van der Waals surface area contributed by atoms with Gasteiger partial charge in [-0.25, -0.2) is 0 Å². The Morgan fingerprint density at radius 2 is 2.06 bits per heavy atom. The largest absolute Gasteiger partial charge is 0.398 e. The highest BCUT2D eigenvalue weighted by molar-refractivity contribution is 5.49. The van der Waals surface area contributed by atoms with Gasteiger partial charge in [-0.2, -0.15) is 0 Å². The second-order valence-electron chi connectivity index (χ2n) is 4.35. The average Bonchev–Trinajstić information content (AvgIpc) is 2.27. The Balaban J connectivity index is 2.51. The van der Waals surface area contributed by atoms with Crippen LogP contribution in [0.5, 0.6) is 0 Å². The van der Waals surface area contributed by atoms with Gasteiger partial charge in [0, 0.05) is 17.9 Å². The Morgan fingerprint density at radius 3 is 2.75 bits per heavy atom. The zero-order valence-electron chi connectivity index (χ0n) is 10.6. The van der Waals surface area contributed by atoms with Crippen molar-refractivity contribution in [3.63, 3.8) is 0 Å². The number of unbranched alkanes of at least 4 members (excludes halogenated alkanes) is 2. The summed E-state index contributed by atoms with van der Waals surface area (Å²) in [5, 5.41) is 0. The maximum Gasteiger partial charge on any atom is 0.0816 e. The van der Waals surface area contributed by atoms with E-state index >= 15 is 0 Å². The van der Waals surface area contributed by atoms with Gasteiger partial charge in [-0.15, -0.1) is 0 Å². The number of anilines is 1. The molecule has 0 saturated heterocycles. The molecule has 0 amide bonds. The molecule has 16 heavy (non-hydrogen) atoms. The van der Waals surface area contributed by atoms with Gasteiger partial charge in [0.1, 0.15) is 0 Å². The Bertz CT molecular complexity index is 323. The fraction of sp³-hybridized carbons (Fsp3) is 0.571. The van der Waals surface area contributed by atoms with Crippen LogP contribution in [0, 0.1) is 6.92 Å². The van der Waals surface area contributed by atoms with Crippen LogP contribution in [0.2, 0.25) is 0 Å². The molecule has 0 aliphatic rings. The van der Waals surface area contributed by atoms with E-state index in [1.54, 1.807) is 0 Å². The van der Waals surface area contributed by atoms with E-state index < -0.39 is 0 Å². The van der Waals surface area contributed by atoms with Gasteiger partial charge >= 0.3 is 0 Å². The van der Waals surface area contributed by atoms with Crippen LogP contribution in [0.1, 0.15) is 50.3 Å². The van der Waals surface area contributed by atoms with Crippen LogP contribution in [-0.2, 0) is 4.74 Å². The van der Waals surface area contributed by atoms with Crippen LogP contribution in [0.3, 0.4) is 0 Å². The molecule has 0 spiro atoms. The molecule has 0 aliphatic heterocycles. The molecular formula is C14H23NO. The molecule has 2 heteroatoms. The summed E-state index contributed by atoms with van der Waals surface area (Å²) in [6.07, 6.45) is 3.68. The first-order valence-corrected chi connectivity index (χ1v) is 6.12. The summed E-state index contributed by atoms with van der Waals surface area (Å²) >= 11 is 0. The molecule has 1 unspecified atom stereocenters. The summed E-state index contributed by atoms with van der Waals surface area (Å²) in [6, 6.07) is 6.10. The third kappa shape index (κ3) is 3.86. The maximum absolute atomic E-state index is 5.94. The number of aryl methyl sites for hydroxylation is 1. The van der Waals surface area contributed by atoms with Gasteiger partial charge in [0.2, 0.25) is 0 Å². The second kappa shape index (κ2) is 6.54. The molecule has 1 atom stereocenters. The second-order valence-corrected chi connectivity index (χ2v) is 4.35. The number of nitrogens with two attached hydrogens (primary N) is 1. The molecule has 0 aliphatic carbocycles. The van der Waals surface area contributed by atoms with Crippen LogP contribution >= 0.6 is 0 Å². The number of hydrogen-bond donors (Lipinski definition) is 1. The fourth-order valence-electron chi connectivity index (χ4n) is 1.75. The molecule has 2 nitrogen and oxygen atoms in total. The molecule has 0 aromatic heterocycles. The van der Waals surface area contributed by atoms with Crippen LogP contribution in [0.4, 0.5) is 5.69 Å². The highest BCUT2D eigenvalue weighted by Gasteiger charge is 2.09. The van der Waals surface area contributed by atoms with Crippen molar-refractivity contribution in [3.05, 3.63) is 29.3 Å². The Kier molecular flexibility index (Phi) is 5.33. The van der Waals surface area contributed by atoms with E-state index in [1.807, 2.05) is 12.1 Å². The van der Waals surface area contributed by atoms with E-state index in [1.165, 1.54) is 18.4 Å². The lowest BCUT2D eigenvalue weighted by Gasteiger charge is -2.16. The monoisotopic (exact) mass is 221 g/mol. The van der Waals surface area contributed by atoms with Crippen molar-refractivity contribution < 1.29 is 4.74 Å². The highest BCUT2D eigenvalue weighted by atomic mass is 16.5. The van der Waals surface area contributed by atoms with Crippen molar-refractivity contribution in [3.8, 4) is 0 Å². The summed E-state index contributed by atoms with van der Waals surface area (Å²) in [4.78, 5) is 0. The van der Waals surface area contributed by atoms with Gasteiger partial charge in [0.25, 0.3) is 0 Å². The first kappa shape index (κ1) is 13.0. The van der Waals surface area contributed by atoms with Crippen LogP contribution in [0.15, 0.2) is 18.2 Å². The standard InChI is InChI=1S/C14H23NO/c1-4-5-6-9-16-12(3)13-10-11(2)7-8-14(13)15/h7-8,10,12H,4-6,9,15H2,1-3H3. The molecule has 90 valence electrons. The van der Waals surface area contributed by atoms with Crippen LogP contribution in [-0.4, -0.2) is 6.61 Å². The predicted octanol–water partition coefficient (Wildman–Crippen LogP) is 3.85. The van der Waals surface area contributed by atoms with E-state index in [0.29, 0.717) is 0 Å². The Labute approximate surface area is 98.8 Å². The molecule has 2 N–H and O–H groups in total. The molecule has 0 saturated carbocycles. The van der Waals surface area contributed by atoms with E-state index in [2.05, 4.69) is 26.8 Å². The van der Waals surface area contributed by atoms with Crippen molar-refractivity contribution in [1.29, 1.82) is 0 Å². The first-order valence-electron chi connectivity index (χ1n) is 6.12. The lowest BCUT2D eigenvalue weighted by Crippen LogP contribution is -2.05. The van der Waals surface area contributed by atoms with E-state index in [-0.39, 0.29) is 6.10 Å². The Hall–Kier alpha value is -1.02. The number of hydrogen-bond acceptors (Lipinski definition) is 2. The lowest BCUT2D eigenvalue weighted by atomic mass is 10.1. The third-order valence-electron chi connectivity index (χ3n) is 2.80. The van der Waals surface area contributed by atoms with Gasteiger partial charge in [-0.3, -0.25) is 0 Å². The zero-order chi connectivity index (χ0) is 12.0. The predicted molar refractivity (Wildman–Crippen MR) is 69.5 cm³/mol. The molecule has 0 fully saturated rings. The van der Waals surface area contributed by atoms with E-state index in [4.69, 9.17) is 10.5 Å². The quantitative estimate of drug-likeness (QED) is 0.585. The summed E-state index contributed by atoms with van der Waals surface area (Å²) in [5.74, 6) is 0. The smallest absolute Gasteiger partial charge is 0.0816 e. The SMILES string of the molecule is CCCCCOC(C)c1cc(C)ccc1N. The molecule has 1 aromatic carbocycles. The topological polar surface area (TPSA) is 35.2 Å². The average molecular weight is 221 g/mol. The summed E-state index contributed by atoms with van der Waals surface area (Å²) in [5.41, 5.74) is 9.11. The van der Waals surface area contributed by atoms with Gasteiger partial charge in [0.15, 0.2) is 0 Å². The zero-order valence-corrected chi connectivity index (χ0v) is 10.6. The van der Waals surface area contributed by atoms with E-state index in [0.717, 1.165) is 24.3 Å². The van der Waals surface area contributed by atoms with Gasteiger partial charge in [-0.1, -0.05) is 37.5 Å². The van der Waals surface area contributed by atoms with Crippen LogP contribution < -0.4 is 5.73 Å². The van der Waals surface area contributed by atoms with Crippen molar-refractivity contribution in [2.75, 3.05) is 12.3 Å². The molecule has 0 bridgehead atoms. The summed E-state index contributed by atoms with van der Waals surface area (Å²) in [7, 11) is 0. The Morgan fingerprint density at radius 1 is 1.31 bits per heavy atom. The van der Waals surface area contributed by atoms with Crippen molar-refractivity contribution in [2.45, 2.75) is 46.1 Å². The molecular weight excluding hydrogens is 198 g/mol. The fourth-order valence-corrected chi connectivity index (χ4v) is 1.75. The number of nitrogen functional groups attached to an aromatic ring is 1. The minimum absolute atomic E-state index is 0.0942. The van der Waals surface area contributed by atoms with E-state index in [9.17, 15) is 0 Å². The molecule has 1 aromatic rings. The summed E-state index contributed by atoms with van der Waals surface area (Å²) < 4.78 is 5.79. The van der Waals surface area contributed by atoms with Gasteiger partial charge in [0.05, 0.1) is 6.10 Å². The van der Waals surface area contributed by atoms with Crippen molar-refractivity contribution in [1.82, 2.24) is 0 Å². The van der Waals surface area contributed by atoms with Gasteiger partial charge < -0.3 is 10.5 Å². The summed E-state index contributed by atoms with van der Waals surface area (Å²) in [6.45, 7) is 7.16. The molecule has 0 heterocycles. The van der Waals surface area contributed by atoms with Crippen molar-refractivity contribution >= 4 is 5.69 Å². The first-order chi connectivity index (χ1) is 7.65. The van der Waals surface area contributed by atoms with Gasteiger partial charge in [-0.05, 0) is 26.3 Å². The number of ether oxygens (including phenoxy) is 1. The maximum atomic E-state index is 5.94. The minimum atomic E-state index is 0.0942. The third-order valence-corrected chi connectivity index (χ3v) is 2.80. The minimum Gasteiger partial charge on any atom is -0.398 e. The highest BCUT2D eigenvalue weighted by Crippen LogP contribution is 2.24. The molecule has 0 radical (unpaired) electrons. The van der Waals surface area contributed by atoms with Crippen LogP contribution in [0.25, 0.3) is 0 Å². The lowest BCUT2D eigenvalue weighted by molar-refractivity contribution is 0.0634. The van der Waals surface area contributed by atoms with Crippen molar-refractivity contribution in [2.24, 2.45) is 0 Å². The number of benzene rings is 1. The molecule has 1 rings (SSSR count).